The van der Waals surface area contributed by atoms with Gasteiger partial charge in [0.2, 0.25) is 11.9 Å². The molecule has 5 heteroatoms. The van der Waals surface area contributed by atoms with Gasteiger partial charge in [0.05, 0.1) is 0 Å². The molecule has 1 aromatic heterocycles. The van der Waals surface area contributed by atoms with Crippen LogP contribution in [0.15, 0.2) is 0 Å². The monoisotopic (exact) mass is 165 g/mol. The van der Waals surface area contributed by atoms with E-state index < -0.39 is 0 Å². The Hall–Kier alpha value is -1.39. The first-order valence-electron chi connectivity index (χ1n) is 3.93. The summed E-state index contributed by atoms with van der Waals surface area (Å²) in [6.45, 7) is 2.15. The van der Waals surface area contributed by atoms with Gasteiger partial charge in [0.1, 0.15) is 5.82 Å². The van der Waals surface area contributed by atoms with Crippen molar-refractivity contribution in [2.45, 2.75) is 19.3 Å². The van der Waals surface area contributed by atoms with E-state index in [0.717, 1.165) is 12.2 Å². The maximum atomic E-state index is 5.43. The van der Waals surface area contributed by atoms with Gasteiger partial charge < -0.3 is 11.5 Å². The Morgan fingerprint density at radius 2 is 1.67 bits per heavy atom. The van der Waals surface area contributed by atoms with E-state index in [4.69, 9.17) is 11.5 Å². The Morgan fingerprint density at radius 3 is 2.08 bits per heavy atom. The molecule has 1 fully saturated rings. The summed E-state index contributed by atoms with van der Waals surface area (Å²) in [7, 11) is 0. The predicted octanol–water partition coefficient (Wildman–Crippen LogP) is 0.159. The van der Waals surface area contributed by atoms with E-state index in [1.54, 1.807) is 0 Å². The van der Waals surface area contributed by atoms with Crippen molar-refractivity contribution in [1.82, 2.24) is 15.0 Å². The smallest absolute Gasteiger partial charge is 0.225 e. The highest BCUT2D eigenvalue weighted by molar-refractivity contribution is 5.28. The predicted molar refractivity (Wildman–Crippen MR) is 45.2 cm³/mol. The maximum absolute atomic E-state index is 5.43. The Bertz CT molecular complexity index is 290. The quantitative estimate of drug-likeness (QED) is 0.618. The highest BCUT2D eigenvalue weighted by Crippen LogP contribution is 2.45. The first-order valence-corrected chi connectivity index (χ1v) is 3.93. The molecule has 64 valence electrons. The molecule has 0 aromatic carbocycles. The van der Waals surface area contributed by atoms with Gasteiger partial charge in [0, 0.05) is 5.92 Å². The van der Waals surface area contributed by atoms with Crippen LogP contribution in [0.5, 0.6) is 0 Å². The summed E-state index contributed by atoms with van der Waals surface area (Å²) in [6, 6.07) is 0. The van der Waals surface area contributed by atoms with Crippen molar-refractivity contribution in [2.75, 3.05) is 11.5 Å². The van der Waals surface area contributed by atoms with Crippen LogP contribution in [0.4, 0.5) is 11.9 Å². The standard InChI is InChI=1S/C7H11N5/c1-3-2-4(3)5-10-6(8)12-7(9)11-5/h3-4H,2H2,1H3,(H4,8,9,10,11,12). The van der Waals surface area contributed by atoms with Crippen molar-refractivity contribution in [3.05, 3.63) is 5.82 Å². The van der Waals surface area contributed by atoms with Gasteiger partial charge in [0.15, 0.2) is 0 Å². The average molecular weight is 165 g/mol. The van der Waals surface area contributed by atoms with E-state index in [1.165, 1.54) is 0 Å². The first kappa shape index (κ1) is 7.27. The molecule has 0 spiro atoms. The zero-order valence-corrected chi connectivity index (χ0v) is 6.86. The number of rotatable bonds is 1. The Labute approximate surface area is 70.2 Å². The van der Waals surface area contributed by atoms with Crippen molar-refractivity contribution in [1.29, 1.82) is 0 Å². The number of nitrogens with zero attached hydrogens (tertiary/aromatic N) is 3. The molecule has 2 unspecified atom stereocenters. The van der Waals surface area contributed by atoms with Crippen molar-refractivity contribution >= 4 is 11.9 Å². The molecule has 1 aromatic rings. The normalized spacial score (nSPS) is 27.1. The molecule has 1 heterocycles. The number of nitrogens with two attached hydrogens (primary N) is 2. The van der Waals surface area contributed by atoms with Crippen LogP contribution in [0.1, 0.15) is 25.1 Å². The number of hydrogen-bond donors (Lipinski definition) is 2. The molecule has 0 bridgehead atoms. The van der Waals surface area contributed by atoms with E-state index in [2.05, 4.69) is 21.9 Å². The lowest BCUT2D eigenvalue weighted by atomic mass is 10.3. The summed E-state index contributed by atoms with van der Waals surface area (Å²) < 4.78 is 0. The lowest BCUT2D eigenvalue weighted by Crippen LogP contribution is -2.06. The molecule has 12 heavy (non-hydrogen) atoms. The topological polar surface area (TPSA) is 90.7 Å². The molecular formula is C7H11N5. The van der Waals surface area contributed by atoms with Gasteiger partial charge in [-0.2, -0.15) is 15.0 Å². The maximum Gasteiger partial charge on any atom is 0.225 e. The summed E-state index contributed by atoms with van der Waals surface area (Å²) in [5, 5.41) is 0. The fourth-order valence-electron chi connectivity index (χ4n) is 1.27. The zero-order valence-electron chi connectivity index (χ0n) is 6.86. The molecule has 4 N–H and O–H groups in total. The van der Waals surface area contributed by atoms with Crippen molar-refractivity contribution in [2.24, 2.45) is 5.92 Å². The third-order valence-corrected chi connectivity index (χ3v) is 2.13. The molecular weight excluding hydrogens is 154 g/mol. The fourth-order valence-corrected chi connectivity index (χ4v) is 1.27. The third kappa shape index (κ3) is 1.17. The van der Waals surface area contributed by atoms with Crippen molar-refractivity contribution < 1.29 is 0 Å². The van der Waals surface area contributed by atoms with Gasteiger partial charge in [0.25, 0.3) is 0 Å². The molecule has 2 atom stereocenters. The van der Waals surface area contributed by atoms with Gasteiger partial charge in [-0.15, -0.1) is 0 Å². The average Bonchev–Trinajstić information content (AvgIpc) is 2.64. The van der Waals surface area contributed by atoms with Crippen molar-refractivity contribution in [3.8, 4) is 0 Å². The van der Waals surface area contributed by atoms with Gasteiger partial charge in [-0.25, -0.2) is 0 Å². The number of anilines is 2. The molecule has 1 saturated carbocycles. The second-order valence-corrected chi connectivity index (χ2v) is 3.23. The third-order valence-electron chi connectivity index (χ3n) is 2.13. The van der Waals surface area contributed by atoms with E-state index in [9.17, 15) is 0 Å². The summed E-state index contributed by atoms with van der Waals surface area (Å²) in [4.78, 5) is 11.7. The molecule has 1 aliphatic carbocycles. The SMILES string of the molecule is CC1CC1c1nc(N)nc(N)n1. The van der Waals surface area contributed by atoms with E-state index in [0.29, 0.717) is 11.8 Å². The van der Waals surface area contributed by atoms with Crippen LogP contribution >= 0.6 is 0 Å². The fraction of sp³-hybridized carbons (Fsp3) is 0.571. The first-order chi connectivity index (χ1) is 5.66. The van der Waals surface area contributed by atoms with Crippen LogP contribution in [0.3, 0.4) is 0 Å². The number of nitrogen functional groups attached to an aromatic ring is 2. The summed E-state index contributed by atoms with van der Waals surface area (Å²) in [6.07, 6.45) is 1.13. The van der Waals surface area contributed by atoms with E-state index >= 15 is 0 Å². The van der Waals surface area contributed by atoms with E-state index in [-0.39, 0.29) is 11.9 Å². The molecule has 0 radical (unpaired) electrons. The molecule has 0 amide bonds. The van der Waals surface area contributed by atoms with Crippen LogP contribution in [-0.4, -0.2) is 15.0 Å². The Morgan fingerprint density at radius 1 is 1.17 bits per heavy atom. The molecule has 0 saturated heterocycles. The number of aromatic nitrogens is 3. The van der Waals surface area contributed by atoms with Crippen LogP contribution in [0.2, 0.25) is 0 Å². The Kier molecular flexibility index (Phi) is 1.39. The van der Waals surface area contributed by atoms with Gasteiger partial charge in [-0.05, 0) is 12.3 Å². The number of hydrogen-bond acceptors (Lipinski definition) is 5. The van der Waals surface area contributed by atoms with Crippen LogP contribution < -0.4 is 11.5 Å². The lowest BCUT2D eigenvalue weighted by molar-refractivity contribution is 0.834. The van der Waals surface area contributed by atoms with Gasteiger partial charge in [-0.1, -0.05) is 6.92 Å². The molecule has 1 aliphatic rings. The van der Waals surface area contributed by atoms with Gasteiger partial charge in [-0.3, -0.25) is 0 Å². The zero-order chi connectivity index (χ0) is 8.72. The summed E-state index contributed by atoms with van der Waals surface area (Å²) >= 11 is 0. The minimum Gasteiger partial charge on any atom is -0.368 e. The molecule has 2 rings (SSSR count). The van der Waals surface area contributed by atoms with Crippen LogP contribution in [-0.2, 0) is 0 Å². The summed E-state index contributed by atoms with van der Waals surface area (Å²) in [5.41, 5.74) is 10.9. The second kappa shape index (κ2) is 2.30. The largest absolute Gasteiger partial charge is 0.368 e. The van der Waals surface area contributed by atoms with Crippen molar-refractivity contribution in [3.63, 3.8) is 0 Å². The minimum atomic E-state index is 0.219. The molecule has 5 nitrogen and oxygen atoms in total. The van der Waals surface area contributed by atoms with E-state index in [1.807, 2.05) is 0 Å². The minimum absolute atomic E-state index is 0.219. The van der Waals surface area contributed by atoms with Gasteiger partial charge >= 0.3 is 0 Å². The lowest BCUT2D eigenvalue weighted by Gasteiger charge is -1.99. The molecule has 0 aliphatic heterocycles. The highest BCUT2D eigenvalue weighted by atomic mass is 15.1. The Balaban J connectivity index is 2.32. The second-order valence-electron chi connectivity index (χ2n) is 3.23. The van der Waals surface area contributed by atoms with Crippen LogP contribution in [0.25, 0.3) is 0 Å². The van der Waals surface area contributed by atoms with Crippen LogP contribution in [0, 0.1) is 5.92 Å². The summed E-state index contributed by atoms with van der Waals surface area (Å²) in [5.74, 6) is 2.28. The highest BCUT2D eigenvalue weighted by Gasteiger charge is 2.36.